The van der Waals surface area contributed by atoms with E-state index < -0.39 is 17.9 Å². The molecule has 0 aliphatic rings. The Morgan fingerprint density at radius 2 is 1.90 bits per heavy atom. The van der Waals surface area contributed by atoms with E-state index >= 15 is 0 Å². The molecule has 8 nitrogen and oxygen atoms in total. The Hall–Kier alpha value is -3.04. The highest BCUT2D eigenvalue weighted by molar-refractivity contribution is 7.99. The molecule has 0 heterocycles. The first kappa shape index (κ1) is 23.2. The lowest BCUT2D eigenvalue weighted by Crippen LogP contribution is -2.33. The van der Waals surface area contributed by atoms with Crippen molar-refractivity contribution in [3.8, 4) is 0 Å². The molecule has 2 aromatic carbocycles. The third kappa shape index (κ3) is 7.41. The second-order valence-corrected chi connectivity index (χ2v) is 7.55. The molecule has 0 aliphatic heterocycles. The first-order valence-electron chi connectivity index (χ1n) is 9.26. The number of carbonyl (C=O) groups is 3. The number of nitrogens with one attached hydrogen (secondary N) is 2. The van der Waals surface area contributed by atoms with Gasteiger partial charge in [0.15, 0.2) is 6.04 Å². The van der Waals surface area contributed by atoms with Gasteiger partial charge in [0.2, 0.25) is 5.91 Å². The molecule has 0 radical (unpaired) electrons. The lowest BCUT2D eigenvalue weighted by Gasteiger charge is -2.16. The molecule has 30 heavy (non-hydrogen) atoms. The zero-order chi connectivity index (χ0) is 21.9. The summed E-state index contributed by atoms with van der Waals surface area (Å²) < 4.78 is 4.96. The van der Waals surface area contributed by atoms with E-state index in [0.29, 0.717) is 17.9 Å². The Morgan fingerprint density at radius 3 is 2.57 bits per heavy atom. The van der Waals surface area contributed by atoms with Gasteiger partial charge in [0.25, 0.3) is 5.91 Å². The number of hydrogen-bond acceptors (Lipinski definition) is 6. The van der Waals surface area contributed by atoms with Crippen LogP contribution in [0.5, 0.6) is 0 Å². The second-order valence-electron chi connectivity index (χ2n) is 6.45. The fourth-order valence-electron chi connectivity index (χ4n) is 2.67. The van der Waals surface area contributed by atoms with Crippen molar-refractivity contribution in [2.24, 2.45) is 0 Å². The zero-order valence-corrected chi connectivity index (χ0v) is 17.4. The highest BCUT2D eigenvalue weighted by atomic mass is 32.2. The predicted octanol–water partition coefficient (Wildman–Crippen LogP) is 2.53. The molecule has 2 amide bonds. The van der Waals surface area contributed by atoms with Crippen LogP contribution in [-0.2, 0) is 14.3 Å². The highest BCUT2D eigenvalue weighted by Crippen LogP contribution is 2.19. The van der Waals surface area contributed by atoms with Crippen LogP contribution < -0.4 is 16.4 Å². The number of thioether (sulfide) groups is 1. The first-order chi connectivity index (χ1) is 14.4. The maximum Gasteiger partial charge on any atom is 0.330 e. The van der Waals surface area contributed by atoms with E-state index in [1.165, 1.54) is 30.0 Å². The number of carboxylic acid groups (broad SMARTS) is 1. The molecule has 0 saturated carbocycles. The molecule has 2 rings (SSSR count). The van der Waals surface area contributed by atoms with Crippen LogP contribution in [-0.4, -0.2) is 48.1 Å². The molecular formula is C21H25N3O5S. The van der Waals surface area contributed by atoms with Gasteiger partial charge in [-0.2, -0.15) is 11.8 Å². The van der Waals surface area contributed by atoms with Gasteiger partial charge < -0.3 is 26.2 Å². The Balaban J connectivity index is 2.03. The van der Waals surface area contributed by atoms with Crippen molar-refractivity contribution >= 4 is 40.9 Å². The number of nitrogens with two attached hydrogens (primary N) is 1. The number of nitrogen functional groups attached to an aromatic ring is 1. The van der Waals surface area contributed by atoms with Crippen LogP contribution in [0.3, 0.4) is 0 Å². The first-order valence-corrected chi connectivity index (χ1v) is 10.4. The Labute approximate surface area is 179 Å². The third-order valence-electron chi connectivity index (χ3n) is 4.03. The topological polar surface area (TPSA) is 131 Å². The largest absolute Gasteiger partial charge is 0.479 e. The molecule has 160 valence electrons. The van der Waals surface area contributed by atoms with Gasteiger partial charge in [-0.1, -0.05) is 30.3 Å². The summed E-state index contributed by atoms with van der Waals surface area (Å²) in [5, 5.41) is 14.7. The average Bonchev–Trinajstić information content (AvgIpc) is 2.71. The summed E-state index contributed by atoms with van der Waals surface area (Å²) in [5.41, 5.74) is 7.11. The minimum Gasteiger partial charge on any atom is -0.479 e. The van der Waals surface area contributed by atoms with Crippen LogP contribution in [0.4, 0.5) is 11.4 Å². The van der Waals surface area contributed by atoms with Crippen molar-refractivity contribution in [3.05, 3.63) is 59.7 Å². The predicted molar refractivity (Wildman–Crippen MR) is 118 cm³/mol. The van der Waals surface area contributed by atoms with E-state index in [-0.39, 0.29) is 22.9 Å². The van der Waals surface area contributed by atoms with Gasteiger partial charge in [-0.15, -0.1) is 0 Å². The maximum atomic E-state index is 12.6. The molecule has 0 fully saturated rings. The van der Waals surface area contributed by atoms with E-state index in [1.807, 2.05) is 0 Å². The molecule has 2 aromatic rings. The molecule has 0 spiro atoms. The smallest absolute Gasteiger partial charge is 0.330 e. The zero-order valence-electron chi connectivity index (χ0n) is 16.6. The Morgan fingerprint density at radius 1 is 1.17 bits per heavy atom. The summed E-state index contributed by atoms with van der Waals surface area (Å²) in [6, 6.07) is 11.6. The summed E-state index contributed by atoms with van der Waals surface area (Å²) in [5.74, 6) is -0.959. The van der Waals surface area contributed by atoms with Gasteiger partial charge in [-0.3, -0.25) is 9.59 Å². The number of anilines is 2. The highest BCUT2D eigenvalue weighted by Gasteiger charge is 2.23. The van der Waals surface area contributed by atoms with Crippen LogP contribution in [0.1, 0.15) is 28.4 Å². The number of benzene rings is 2. The van der Waals surface area contributed by atoms with E-state index in [4.69, 9.17) is 10.5 Å². The third-order valence-corrected chi connectivity index (χ3v) is 5.07. The molecule has 0 bridgehead atoms. The standard InChI is InChI=1S/C21H25N3O5S/c1-29-8-5-9-30-13-18(25)23-17-11-15(10-16(22)12-17)20(26)24-19(21(27)28)14-6-3-2-4-7-14/h2-4,6-7,10-12,19H,5,8-9,13,22H2,1H3,(H,23,25)(H,24,26)(H,27,28). The van der Waals surface area contributed by atoms with Crippen molar-refractivity contribution < 1.29 is 24.2 Å². The summed E-state index contributed by atoms with van der Waals surface area (Å²) in [6.45, 7) is 0.641. The quantitative estimate of drug-likeness (QED) is 0.318. The van der Waals surface area contributed by atoms with Crippen molar-refractivity contribution in [2.45, 2.75) is 12.5 Å². The van der Waals surface area contributed by atoms with E-state index in [2.05, 4.69) is 10.6 Å². The van der Waals surface area contributed by atoms with Gasteiger partial charge in [0.05, 0.1) is 5.75 Å². The Kier molecular flexibility index (Phi) is 9.17. The van der Waals surface area contributed by atoms with Crippen LogP contribution in [0.15, 0.2) is 48.5 Å². The molecule has 1 atom stereocenters. The molecule has 0 saturated heterocycles. The number of carboxylic acids is 1. The van der Waals surface area contributed by atoms with Gasteiger partial charge in [0, 0.05) is 30.7 Å². The Bertz CT molecular complexity index is 876. The van der Waals surface area contributed by atoms with Crippen LogP contribution >= 0.6 is 11.8 Å². The van der Waals surface area contributed by atoms with E-state index in [9.17, 15) is 19.5 Å². The number of amides is 2. The number of hydrogen-bond donors (Lipinski definition) is 4. The second kappa shape index (κ2) is 11.8. The fourth-order valence-corrected chi connectivity index (χ4v) is 3.39. The SMILES string of the molecule is COCCCSCC(=O)Nc1cc(N)cc(C(=O)NC(C(=O)O)c2ccccc2)c1. The summed E-state index contributed by atoms with van der Waals surface area (Å²) in [4.78, 5) is 36.3. The lowest BCUT2D eigenvalue weighted by molar-refractivity contribution is -0.139. The minimum absolute atomic E-state index is 0.153. The lowest BCUT2D eigenvalue weighted by atomic mass is 10.1. The molecule has 5 N–H and O–H groups in total. The van der Waals surface area contributed by atoms with Crippen molar-refractivity contribution in [1.82, 2.24) is 5.32 Å². The average molecular weight is 432 g/mol. The molecule has 9 heteroatoms. The number of aliphatic carboxylic acids is 1. The van der Waals surface area contributed by atoms with Gasteiger partial charge in [-0.25, -0.2) is 4.79 Å². The normalized spacial score (nSPS) is 11.5. The van der Waals surface area contributed by atoms with Gasteiger partial charge >= 0.3 is 5.97 Å². The van der Waals surface area contributed by atoms with Gasteiger partial charge in [0.1, 0.15) is 0 Å². The molecule has 0 aromatic heterocycles. The molecule has 0 aliphatic carbocycles. The molecule has 1 unspecified atom stereocenters. The van der Waals surface area contributed by atoms with Crippen molar-refractivity contribution in [2.75, 3.05) is 36.3 Å². The summed E-state index contributed by atoms with van der Waals surface area (Å²) in [7, 11) is 1.63. The maximum absolute atomic E-state index is 12.6. The van der Waals surface area contributed by atoms with Crippen LogP contribution in [0.25, 0.3) is 0 Å². The number of methoxy groups -OCH3 is 1. The summed E-state index contributed by atoms with van der Waals surface area (Å²) in [6.07, 6.45) is 0.850. The van der Waals surface area contributed by atoms with Crippen LogP contribution in [0, 0.1) is 0 Å². The fraction of sp³-hybridized carbons (Fsp3) is 0.286. The summed E-state index contributed by atoms with van der Waals surface area (Å²) >= 11 is 1.48. The van der Waals surface area contributed by atoms with Crippen molar-refractivity contribution in [1.29, 1.82) is 0 Å². The minimum atomic E-state index is -1.21. The van der Waals surface area contributed by atoms with Crippen molar-refractivity contribution in [3.63, 3.8) is 0 Å². The number of carbonyl (C=O) groups excluding carboxylic acids is 2. The van der Waals surface area contributed by atoms with E-state index in [1.54, 1.807) is 37.4 Å². The number of rotatable bonds is 11. The monoisotopic (exact) mass is 431 g/mol. The van der Waals surface area contributed by atoms with E-state index in [0.717, 1.165) is 12.2 Å². The molecular weight excluding hydrogens is 406 g/mol. The van der Waals surface area contributed by atoms with Crippen LogP contribution in [0.2, 0.25) is 0 Å². The number of ether oxygens (including phenoxy) is 1. The van der Waals surface area contributed by atoms with Gasteiger partial charge in [-0.05, 0) is 35.9 Å².